The predicted octanol–water partition coefficient (Wildman–Crippen LogP) is 1.95. The Kier molecular flexibility index (Phi) is 4.37. The van der Waals surface area contributed by atoms with Crippen LogP contribution in [-0.2, 0) is 9.84 Å². The van der Waals surface area contributed by atoms with Gasteiger partial charge >= 0.3 is 0 Å². The molecule has 1 N–H and O–H groups in total. The molecule has 3 aliphatic rings. The fraction of sp³-hybridized carbons (Fsp3) is 1.00. The Morgan fingerprint density at radius 2 is 1.67 bits per heavy atom. The zero-order valence-electron chi connectivity index (χ0n) is 13.4. The minimum atomic E-state index is -2.83. The molecule has 2 aliphatic carbocycles. The first-order valence-electron chi connectivity index (χ1n) is 8.61. The summed E-state index contributed by atoms with van der Waals surface area (Å²) in [5.74, 6) is 0.333. The summed E-state index contributed by atoms with van der Waals surface area (Å²) < 4.78 is 22.8. The summed E-state index contributed by atoms with van der Waals surface area (Å²) in [5.41, 5.74) is 0.657. The molecule has 0 radical (unpaired) electrons. The minimum Gasteiger partial charge on any atom is -0.308 e. The molecule has 0 atom stereocenters. The van der Waals surface area contributed by atoms with Gasteiger partial charge in [-0.1, -0.05) is 25.7 Å². The zero-order chi connectivity index (χ0) is 15.0. The van der Waals surface area contributed by atoms with Gasteiger partial charge in [0.1, 0.15) is 9.84 Å². The van der Waals surface area contributed by atoms with Gasteiger partial charge < -0.3 is 5.32 Å². The van der Waals surface area contributed by atoms with Crippen molar-refractivity contribution in [2.75, 3.05) is 31.6 Å². The highest BCUT2D eigenvalue weighted by Gasteiger charge is 2.48. The second-order valence-corrected chi connectivity index (χ2v) is 9.94. The van der Waals surface area contributed by atoms with E-state index in [1.807, 2.05) is 0 Å². The molecule has 21 heavy (non-hydrogen) atoms. The fourth-order valence-electron chi connectivity index (χ4n) is 4.80. The Balaban J connectivity index is 1.67. The highest BCUT2D eigenvalue weighted by atomic mass is 32.2. The molecule has 5 heteroatoms. The van der Waals surface area contributed by atoms with E-state index < -0.39 is 9.84 Å². The Morgan fingerprint density at radius 1 is 1.05 bits per heavy atom. The van der Waals surface area contributed by atoms with E-state index in [4.69, 9.17) is 0 Å². The van der Waals surface area contributed by atoms with Gasteiger partial charge in [0, 0.05) is 30.4 Å². The molecule has 0 bridgehead atoms. The molecule has 1 saturated heterocycles. The van der Waals surface area contributed by atoms with Crippen molar-refractivity contribution in [1.82, 2.24) is 10.2 Å². The maximum absolute atomic E-state index is 11.4. The summed E-state index contributed by atoms with van der Waals surface area (Å²) in [4.78, 5) is 2.67. The van der Waals surface area contributed by atoms with E-state index in [0.29, 0.717) is 16.8 Å². The third kappa shape index (κ3) is 3.45. The average molecular weight is 314 g/mol. The highest BCUT2D eigenvalue weighted by molar-refractivity contribution is 7.90. The van der Waals surface area contributed by atoms with E-state index in [0.717, 1.165) is 26.1 Å². The van der Waals surface area contributed by atoms with Crippen molar-refractivity contribution in [2.45, 2.75) is 68.9 Å². The Morgan fingerprint density at radius 3 is 2.29 bits per heavy atom. The van der Waals surface area contributed by atoms with Crippen molar-refractivity contribution in [2.24, 2.45) is 0 Å². The van der Waals surface area contributed by atoms with Crippen molar-refractivity contribution in [3.8, 4) is 0 Å². The summed E-state index contributed by atoms with van der Waals surface area (Å²) in [6, 6.07) is 0. The quantitative estimate of drug-likeness (QED) is 0.862. The standard InChI is InChI=1S/C16H30N2O2S/c1-21(19,20)12-6-11-18-14-15(7-2-3-8-15)17-13-16(18)9-4-5-10-16/h17H,2-14H2,1H3. The number of sulfone groups is 1. The van der Waals surface area contributed by atoms with Crippen molar-refractivity contribution >= 4 is 9.84 Å². The smallest absolute Gasteiger partial charge is 0.147 e. The lowest BCUT2D eigenvalue weighted by Crippen LogP contribution is -2.68. The molecular formula is C16H30N2O2S. The van der Waals surface area contributed by atoms with Crippen LogP contribution in [-0.4, -0.2) is 56.0 Å². The summed E-state index contributed by atoms with van der Waals surface area (Å²) in [6.45, 7) is 3.21. The Labute approximate surface area is 129 Å². The minimum absolute atomic E-state index is 0.325. The monoisotopic (exact) mass is 314 g/mol. The lowest BCUT2D eigenvalue weighted by Gasteiger charge is -2.53. The zero-order valence-corrected chi connectivity index (χ0v) is 14.2. The van der Waals surface area contributed by atoms with Crippen LogP contribution in [0.1, 0.15) is 57.8 Å². The van der Waals surface area contributed by atoms with E-state index >= 15 is 0 Å². The van der Waals surface area contributed by atoms with Crippen LogP contribution in [0.15, 0.2) is 0 Å². The van der Waals surface area contributed by atoms with Gasteiger partial charge in [-0.3, -0.25) is 4.90 Å². The maximum atomic E-state index is 11.4. The first-order valence-corrected chi connectivity index (χ1v) is 10.7. The van der Waals surface area contributed by atoms with Gasteiger partial charge in [-0.15, -0.1) is 0 Å². The van der Waals surface area contributed by atoms with E-state index in [1.165, 1.54) is 57.6 Å². The van der Waals surface area contributed by atoms with E-state index in [1.54, 1.807) is 0 Å². The Bertz CT molecular complexity index is 463. The summed E-state index contributed by atoms with van der Waals surface area (Å²) in [7, 11) is -2.83. The molecule has 122 valence electrons. The maximum Gasteiger partial charge on any atom is 0.147 e. The largest absolute Gasteiger partial charge is 0.308 e. The lowest BCUT2D eigenvalue weighted by atomic mass is 9.84. The van der Waals surface area contributed by atoms with Gasteiger partial charge in [-0.2, -0.15) is 0 Å². The molecule has 3 rings (SSSR count). The van der Waals surface area contributed by atoms with E-state index in [9.17, 15) is 8.42 Å². The topological polar surface area (TPSA) is 49.4 Å². The third-order valence-electron chi connectivity index (χ3n) is 5.99. The van der Waals surface area contributed by atoms with Crippen LogP contribution in [0.4, 0.5) is 0 Å². The first-order chi connectivity index (χ1) is 9.93. The van der Waals surface area contributed by atoms with Crippen LogP contribution < -0.4 is 5.32 Å². The SMILES string of the molecule is CS(=O)(=O)CCCN1CC2(CCCC2)NCC12CCCC2. The summed E-state index contributed by atoms with van der Waals surface area (Å²) >= 11 is 0. The van der Waals surface area contributed by atoms with Crippen LogP contribution in [0.25, 0.3) is 0 Å². The molecular weight excluding hydrogens is 284 g/mol. The van der Waals surface area contributed by atoms with Gasteiger partial charge in [0.15, 0.2) is 0 Å². The molecule has 0 aromatic carbocycles. The first kappa shape index (κ1) is 15.8. The molecule has 2 saturated carbocycles. The molecule has 3 fully saturated rings. The summed E-state index contributed by atoms with van der Waals surface area (Å²) in [6.07, 6.45) is 12.7. The number of hydrogen-bond acceptors (Lipinski definition) is 4. The lowest BCUT2D eigenvalue weighted by molar-refractivity contribution is 0.00959. The van der Waals surface area contributed by atoms with Crippen LogP contribution in [0.3, 0.4) is 0 Å². The van der Waals surface area contributed by atoms with Gasteiger partial charge in [-0.25, -0.2) is 8.42 Å². The van der Waals surface area contributed by atoms with E-state index in [2.05, 4.69) is 10.2 Å². The number of nitrogens with zero attached hydrogens (tertiary/aromatic N) is 1. The van der Waals surface area contributed by atoms with Crippen molar-refractivity contribution in [1.29, 1.82) is 0 Å². The molecule has 0 unspecified atom stereocenters. The highest BCUT2D eigenvalue weighted by Crippen LogP contribution is 2.42. The predicted molar refractivity (Wildman–Crippen MR) is 86.3 cm³/mol. The second-order valence-electron chi connectivity index (χ2n) is 7.68. The molecule has 0 aromatic rings. The fourth-order valence-corrected chi connectivity index (χ4v) is 5.45. The molecule has 1 heterocycles. The van der Waals surface area contributed by atoms with Gasteiger partial charge in [0.2, 0.25) is 0 Å². The average Bonchev–Trinajstić information content (AvgIpc) is 3.03. The van der Waals surface area contributed by atoms with Crippen molar-refractivity contribution in [3.63, 3.8) is 0 Å². The second kappa shape index (κ2) is 5.82. The van der Waals surface area contributed by atoms with Crippen molar-refractivity contribution in [3.05, 3.63) is 0 Å². The molecule has 0 aromatic heterocycles. The number of hydrogen-bond donors (Lipinski definition) is 1. The third-order valence-corrected chi connectivity index (χ3v) is 7.03. The van der Waals surface area contributed by atoms with Crippen LogP contribution >= 0.6 is 0 Å². The van der Waals surface area contributed by atoms with E-state index in [-0.39, 0.29) is 0 Å². The van der Waals surface area contributed by atoms with Crippen LogP contribution in [0.5, 0.6) is 0 Å². The van der Waals surface area contributed by atoms with Crippen molar-refractivity contribution < 1.29 is 8.42 Å². The van der Waals surface area contributed by atoms with Crippen LogP contribution in [0, 0.1) is 0 Å². The van der Waals surface area contributed by atoms with Gasteiger partial charge in [0.05, 0.1) is 5.75 Å². The van der Waals surface area contributed by atoms with Gasteiger partial charge in [-0.05, 0) is 38.6 Å². The number of rotatable bonds is 4. The molecule has 1 aliphatic heterocycles. The molecule has 0 amide bonds. The molecule has 4 nitrogen and oxygen atoms in total. The number of piperazine rings is 1. The Hall–Kier alpha value is -0.130. The van der Waals surface area contributed by atoms with Crippen LogP contribution in [0.2, 0.25) is 0 Å². The number of nitrogens with one attached hydrogen (secondary N) is 1. The van der Waals surface area contributed by atoms with Gasteiger partial charge in [0.25, 0.3) is 0 Å². The summed E-state index contributed by atoms with van der Waals surface area (Å²) in [5, 5.41) is 3.90. The normalized spacial score (nSPS) is 28.6. The molecule has 2 spiro atoms.